The molecule has 5 rings (SSSR count). The number of carbonyl (C=O) groups is 3. The van der Waals surface area contributed by atoms with Crippen LogP contribution in [0.15, 0.2) is 18.2 Å². The first kappa shape index (κ1) is 18.8. The van der Waals surface area contributed by atoms with Gasteiger partial charge in [0.2, 0.25) is 11.8 Å². The number of nitrogens with zero attached hydrogens (tertiary/aromatic N) is 2. The van der Waals surface area contributed by atoms with Crippen LogP contribution >= 0.6 is 0 Å². The molecule has 4 aliphatic rings. The number of hydrogen-bond donors (Lipinski definition) is 2. The Balaban J connectivity index is 1.35. The third-order valence-corrected chi connectivity index (χ3v) is 7.59. The zero-order chi connectivity index (χ0) is 20.2. The molecule has 154 valence electrons. The van der Waals surface area contributed by atoms with Gasteiger partial charge < -0.3 is 10.6 Å². The maximum absolute atomic E-state index is 13.0. The molecular weight excluding hydrogens is 368 g/mol. The lowest BCUT2D eigenvalue weighted by Crippen LogP contribution is -2.52. The van der Waals surface area contributed by atoms with Crippen LogP contribution in [0.1, 0.15) is 53.6 Å². The fourth-order valence-corrected chi connectivity index (χ4v) is 5.83. The van der Waals surface area contributed by atoms with Gasteiger partial charge in [-0.1, -0.05) is 18.6 Å². The molecule has 0 aromatic heterocycles. The molecule has 7 nitrogen and oxygen atoms in total. The van der Waals surface area contributed by atoms with Crippen molar-refractivity contribution in [3.63, 3.8) is 0 Å². The van der Waals surface area contributed by atoms with E-state index in [0.717, 1.165) is 37.3 Å². The Labute approximate surface area is 170 Å². The Kier molecular flexibility index (Phi) is 4.47. The number of hydrogen-bond acceptors (Lipinski definition) is 5. The van der Waals surface area contributed by atoms with Gasteiger partial charge >= 0.3 is 0 Å². The molecule has 3 N–H and O–H groups in total. The van der Waals surface area contributed by atoms with Crippen LogP contribution in [0, 0.1) is 11.3 Å². The normalized spacial score (nSPS) is 28.6. The summed E-state index contributed by atoms with van der Waals surface area (Å²) < 4.78 is 0. The number of rotatable bonds is 4. The summed E-state index contributed by atoms with van der Waals surface area (Å²) in [4.78, 5) is 40.9. The molecule has 1 aromatic carbocycles. The fourth-order valence-electron chi connectivity index (χ4n) is 5.83. The molecule has 2 unspecified atom stereocenters. The maximum Gasteiger partial charge on any atom is 0.255 e. The standard InChI is InChI=1S/C22H28N4O3/c23-9-15-11-25(13-22(15)7-2-8-22)10-14-3-1-4-16-17(14)12-26(21(16)29)18-5-6-19(27)24-20(18)28/h1,3-4,15,18H,2,5-13,23H2,(H,24,27,28). The van der Waals surface area contributed by atoms with Crippen LogP contribution in [0.3, 0.4) is 0 Å². The van der Waals surface area contributed by atoms with Crippen molar-refractivity contribution in [1.29, 1.82) is 0 Å². The largest absolute Gasteiger partial charge is 0.330 e. The number of likely N-dealkylation sites (tertiary alicyclic amines) is 1. The summed E-state index contributed by atoms with van der Waals surface area (Å²) in [5.74, 6) is -0.159. The lowest BCUT2D eigenvalue weighted by Gasteiger charge is -2.42. The molecule has 29 heavy (non-hydrogen) atoms. The van der Waals surface area contributed by atoms with E-state index in [9.17, 15) is 14.4 Å². The van der Waals surface area contributed by atoms with Gasteiger partial charge in [0.1, 0.15) is 6.04 Å². The Hall–Kier alpha value is -2.25. The third-order valence-electron chi connectivity index (χ3n) is 7.59. The molecule has 3 amide bonds. The van der Waals surface area contributed by atoms with Gasteiger partial charge in [0.25, 0.3) is 5.91 Å². The minimum Gasteiger partial charge on any atom is -0.330 e. The van der Waals surface area contributed by atoms with Crippen LogP contribution < -0.4 is 11.1 Å². The first-order valence-corrected chi connectivity index (χ1v) is 10.7. The summed E-state index contributed by atoms with van der Waals surface area (Å²) in [7, 11) is 0. The second kappa shape index (κ2) is 6.92. The maximum atomic E-state index is 13.0. The summed E-state index contributed by atoms with van der Waals surface area (Å²) >= 11 is 0. The van der Waals surface area contributed by atoms with Gasteiger partial charge in [-0.15, -0.1) is 0 Å². The number of imide groups is 1. The highest BCUT2D eigenvalue weighted by atomic mass is 16.2. The van der Waals surface area contributed by atoms with Crippen molar-refractivity contribution in [2.24, 2.45) is 17.1 Å². The van der Waals surface area contributed by atoms with Crippen LogP contribution in [-0.4, -0.2) is 53.2 Å². The van der Waals surface area contributed by atoms with E-state index < -0.39 is 6.04 Å². The molecular formula is C22H28N4O3. The predicted molar refractivity (Wildman–Crippen MR) is 107 cm³/mol. The molecule has 2 saturated heterocycles. The van der Waals surface area contributed by atoms with E-state index in [1.54, 1.807) is 4.90 Å². The summed E-state index contributed by atoms with van der Waals surface area (Å²) in [5, 5.41) is 2.37. The van der Waals surface area contributed by atoms with Crippen LogP contribution in [0.25, 0.3) is 0 Å². The quantitative estimate of drug-likeness (QED) is 0.741. The molecule has 3 heterocycles. The average Bonchev–Trinajstić information content (AvgIpc) is 3.21. The monoisotopic (exact) mass is 396 g/mol. The first-order valence-electron chi connectivity index (χ1n) is 10.7. The van der Waals surface area contributed by atoms with Crippen molar-refractivity contribution in [2.75, 3.05) is 19.6 Å². The molecule has 1 spiro atoms. The topological polar surface area (TPSA) is 95.7 Å². The van der Waals surface area contributed by atoms with E-state index in [4.69, 9.17) is 5.73 Å². The lowest BCUT2D eigenvalue weighted by atomic mass is 9.63. The van der Waals surface area contributed by atoms with Crippen molar-refractivity contribution >= 4 is 17.7 Å². The smallest absolute Gasteiger partial charge is 0.255 e. The zero-order valence-corrected chi connectivity index (χ0v) is 16.7. The Morgan fingerprint density at radius 1 is 1.21 bits per heavy atom. The average molecular weight is 396 g/mol. The number of benzene rings is 1. The summed E-state index contributed by atoms with van der Waals surface area (Å²) in [6, 6.07) is 5.33. The number of piperidine rings is 1. The third kappa shape index (κ3) is 2.99. The van der Waals surface area contributed by atoms with Gasteiger partial charge in [-0.3, -0.25) is 24.6 Å². The van der Waals surface area contributed by atoms with Gasteiger partial charge in [-0.25, -0.2) is 0 Å². The number of nitrogens with two attached hydrogens (primary N) is 1. The van der Waals surface area contributed by atoms with Crippen molar-refractivity contribution in [1.82, 2.24) is 15.1 Å². The van der Waals surface area contributed by atoms with E-state index >= 15 is 0 Å². The number of carbonyl (C=O) groups excluding carboxylic acids is 3. The van der Waals surface area contributed by atoms with Gasteiger partial charge in [0, 0.05) is 38.2 Å². The predicted octanol–water partition coefficient (Wildman–Crippen LogP) is 1.01. The Morgan fingerprint density at radius 3 is 2.69 bits per heavy atom. The van der Waals surface area contributed by atoms with Crippen LogP contribution in [0.5, 0.6) is 0 Å². The van der Waals surface area contributed by atoms with Crippen LogP contribution in [0.4, 0.5) is 0 Å². The molecule has 2 atom stereocenters. The van der Waals surface area contributed by atoms with Crippen molar-refractivity contribution in [3.8, 4) is 0 Å². The van der Waals surface area contributed by atoms with Crippen LogP contribution in [0.2, 0.25) is 0 Å². The molecule has 0 bridgehead atoms. The van der Waals surface area contributed by atoms with Gasteiger partial charge in [0.15, 0.2) is 0 Å². The molecule has 1 saturated carbocycles. The molecule has 7 heteroatoms. The molecule has 0 radical (unpaired) electrons. The number of amides is 3. The van der Waals surface area contributed by atoms with E-state index in [1.165, 1.54) is 19.3 Å². The summed E-state index contributed by atoms with van der Waals surface area (Å²) in [6.45, 7) is 4.10. The number of fused-ring (bicyclic) bond motifs is 1. The molecule has 1 aliphatic carbocycles. The highest BCUT2D eigenvalue weighted by Crippen LogP contribution is 2.51. The molecule has 1 aromatic rings. The minimum absolute atomic E-state index is 0.104. The van der Waals surface area contributed by atoms with E-state index in [0.29, 0.717) is 29.9 Å². The van der Waals surface area contributed by atoms with Crippen molar-refractivity contribution < 1.29 is 14.4 Å². The van der Waals surface area contributed by atoms with Crippen molar-refractivity contribution in [2.45, 2.75) is 51.2 Å². The van der Waals surface area contributed by atoms with E-state index in [2.05, 4.69) is 16.3 Å². The molecule has 3 aliphatic heterocycles. The highest BCUT2D eigenvalue weighted by molar-refractivity contribution is 6.05. The van der Waals surface area contributed by atoms with Crippen LogP contribution in [-0.2, 0) is 22.7 Å². The second-order valence-electron chi connectivity index (χ2n) is 9.16. The van der Waals surface area contributed by atoms with Gasteiger partial charge in [0.05, 0.1) is 0 Å². The van der Waals surface area contributed by atoms with Gasteiger partial charge in [-0.05, 0) is 54.3 Å². The SMILES string of the molecule is NCC1CN(Cc2cccc3c2CN(C2CCC(=O)NC2=O)C3=O)CC12CCC2. The fraction of sp³-hybridized carbons (Fsp3) is 0.591. The second-order valence-corrected chi connectivity index (χ2v) is 9.16. The summed E-state index contributed by atoms with van der Waals surface area (Å²) in [6.07, 6.45) is 4.53. The lowest BCUT2D eigenvalue weighted by molar-refractivity contribution is -0.136. The summed E-state index contributed by atoms with van der Waals surface area (Å²) in [5.41, 5.74) is 9.36. The zero-order valence-electron chi connectivity index (χ0n) is 16.7. The van der Waals surface area contributed by atoms with E-state index in [1.807, 2.05) is 12.1 Å². The minimum atomic E-state index is -0.563. The van der Waals surface area contributed by atoms with Gasteiger partial charge in [-0.2, -0.15) is 0 Å². The number of nitrogens with one attached hydrogen (secondary N) is 1. The molecule has 3 fully saturated rings. The Bertz CT molecular complexity index is 879. The van der Waals surface area contributed by atoms with Crippen molar-refractivity contribution in [3.05, 3.63) is 34.9 Å². The Morgan fingerprint density at radius 2 is 2.03 bits per heavy atom. The van der Waals surface area contributed by atoms with E-state index in [-0.39, 0.29) is 24.1 Å². The first-order chi connectivity index (χ1) is 14.0. The highest BCUT2D eigenvalue weighted by Gasteiger charge is 2.49.